The summed E-state index contributed by atoms with van der Waals surface area (Å²) in [6.07, 6.45) is 5.74. The highest BCUT2D eigenvalue weighted by atomic mass is 16.4. The molecule has 0 aliphatic heterocycles. The van der Waals surface area contributed by atoms with E-state index >= 15 is 0 Å². The molecule has 1 fully saturated rings. The molecule has 2 aromatic rings. The van der Waals surface area contributed by atoms with Gasteiger partial charge < -0.3 is 10.4 Å². The quantitative estimate of drug-likeness (QED) is 0.854. The zero-order valence-corrected chi connectivity index (χ0v) is 13.8. The predicted octanol–water partition coefficient (Wildman–Crippen LogP) is 1.27. The summed E-state index contributed by atoms with van der Waals surface area (Å²) in [5.41, 5.74) is 3.29. The van der Waals surface area contributed by atoms with Crippen molar-refractivity contribution in [3.63, 3.8) is 0 Å². The topological polar surface area (TPSA) is 97.1 Å². The molecule has 1 saturated carbocycles. The van der Waals surface area contributed by atoms with E-state index in [4.69, 9.17) is 5.11 Å². The molecule has 4 rings (SSSR count). The summed E-state index contributed by atoms with van der Waals surface area (Å²) < 4.78 is 1.25. The highest BCUT2D eigenvalue weighted by molar-refractivity contribution is 5.84. The Labute approximate surface area is 145 Å². The van der Waals surface area contributed by atoms with E-state index in [1.54, 1.807) is 6.20 Å². The number of aromatic nitrogens is 3. The molecule has 7 nitrogen and oxygen atoms in total. The van der Waals surface area contributed by atoms with E-state index in [-0.39, 0.29) is 30.3 Å². The fourth-order valence-electron chi connectivity index (χ4n) is 4.11. The van der Waals surface area contributed by atoms with E-state index < -0.39 is 5.97 Å². The molecule has 2 N–H and O–H groups in total. The summed E-state index contributed by atoms with van der Waals surface area (Å²) in [6, 6.07) is 8.46. The third-order valence-electron chi connectivity index (χ3n) is 5.34. The van der Waals surface area contributed by atoms with E-state index in [1.807, 2.05) is 0 Å². The number of amides is 1. The zero-order valence-electron chi connectivity index (χ0n) is 13.8. The van der Waals surface area contributed by atoms with Crippen LogP contribution in [0.3, 0.4) is 0 Å². The van der Waals surface area contributed by atoms with Crippen molar-refractivity contribution in [1.82, 2.24) is 20.3 Å². The number of aliphatic carboxylic acids is 1. The molecule has 0 bridgehead atoms. The number of aryl methyl sites for hydroxylation is 1. The third-order valence-corrected chi connectivity index (χ3v) is 5.34. The van der Waals surface area contributed by atoms with Crippen molar-refractivity contribution in [1.29, 1.82) is 0 Å². The molecule has 1 aromatic heterocycles. The van der Waals surface area contributed by atoms with Crippen LogP contribution in [0.1, 0.15) is 36.1 Å². The second-order valence-electron chi connectivity index (χ2n) is 6.94. The van der Waals surface area contributed by atoms with Gasteiger partial charge in [0.05, 0.1) is 12.7 Å². The number of nitrogens with zero attached hydrogens (tertiary/aromatic N) is 3. The molecule has 7 heteroatoms. The first-order valence-electron chi connectivity index (χ1n) is 8.55. The van der Waals surface area contributed by atoms with Crippen LogP contribution in [0.25, 0.3) is 0 Å². The van der Waals surface area contributed by atoms with Gasteiger partial charge in [-0.25, -0.2) is 4.68 Å². The predicted molar refractivity (Wildman–Crippen MR) is 88.7 cm³/mol. The van der Waals surface area contributed by atoms with Gasteiger partial charge in [0.2, 0.25) is 5.91 Å². The normalized spacial score (nSPS) is 23.9. The maximum absolute atomic E-state index is 12.6. The number of benzene rings is 1. The molecule has 2 unspecified atom stereocenters. The van der Waals surface area contributed by atoms with Crippen LogP contribution in [0.5, 0.6) is 0 Å². The molecule has 1 aromatic carbocycles. The molecule has 2 aliphatic carbocycles. The van der Waals surface area contributed by atoms with Crippen LogP contribution in [0.15, 0.2) is 30.5 Å². The number of rotatable bonds is 5. The van der Waals surface area contributed by atoms with Gasteiger partial charge in [-0.2, -0.15) is 0 Å². The summed E-state index contributed by atoms with van der Waals surface area (Å²) in [7, 11) is 0. The molecule has 2 aliphatic rings. The summed E-state index contributed by atoms with van der Waals surface area (Å²) in [4.78, 5) is 23.2. The molecule has 130 valence electrons. The molecule has 1 spiro atoms. The van der Waals surface area contributed by atoms with Crippen molar-refractivity contribution in [2.75, 3.05) is 0 Å². The standard InChI is InChI=1S/C18H20N4O3/c23-16(24)11-22-10-13(20-21-22)9-19-17(25)15-8-18(15)7-3-5-12-4-1-2-6-14(12)18/h1-2,4,6,10,15H,3,5,7-9,11H2,(H,19,25)(H,23,24). The van der Waals surface area contributed by atoms with Gasteiger partial charge in [-0.3, -0.25) is 9.59 Å². The second-order valence-corrected chi connectivity index (χ2v) is 6.94. The molecular weight excluding hydrogens is 320 g/mol. The van der Waals surface area contributed by atoms with Crippen molar-refractivity contribution in [2.24, 2.45) is 5.92 Å². The van der Waals surface area contributed by atoms with E-state index in [0.717, 1.165) is 25.7 Å². The lowest BCUT2D eigenvalue weighted by atomic mass is 9.78. The van der Waals surface area contributed by atoms with E-state index in [0.29, 0.717) is 5.69 Å². The Morgan fingerprint density at radius 1 is 1.36 bits per heavy atom. The number of carbonyl (C=O) groups excluding carboxylic acids is 1. The monoisotopic (exact) mass is 340 g/mol. The minimum atomic E-state index is -0.976. The van der Waals surface area contributed by atoms with Crippen LogP contribution in [-0.2, 0) is 34.5 Å². The van der Waals surface area contributed by atoms with Crippen LogP contribution < -0.4 is 5.32 Å². The molecular formula is C18H20N4O3. The van der Waals surface area contributed by atoms with Crippen LogP contribution in [0.2, 0.25) is 0 Å². The fraction of sp³-hybridized carbons (Fsp3) is 0.444. The van der Waals surface area contributed by atoms with Gasteiger partial charge in [-0.15, -0.1) is 5.10 Å². The first-order valence-corrected chi connectivity index (χ1v) is 8.55. The summed E-state index contributed by atoms with van der Waals surface area (Å²) in [6.45, 7) is 0.0378. The number of nitrogens with one attached hydrogen (secondary N) is 1. The van der Waals surface area contributed by atoms with Gasteiger partial charge in [0, 0.05) is 11.3 Å². The summed E-state index contributed by atoms with van der Waals surface area (Å²) in [5, 5.41) is 19.3. The van der Waals surface area contributed by atoms with E-state index in [1.165, 1.54) is 15.8 Å². The van der Waals surface area contributed by atoms with Crippen molar-refractivity contribution in [2.45, 2.75) is 44.2 Å². The summed E-state index contributed by atoms with van der Waals surface area (Å²) >= 11 is 0. The Morgan fingerprint density at radius 3 is 3.04 bits per heavy atom. The first-order chi connectivity index (χ1) is 12.1. The minimum Gasteiger partial charge on any atom is -0.480 e. The summed E-state index contributed by atoms with van der Waals surface area (Å²) in [5.74, 6) is -0.913. The fourth-order valence-corrected chi connectivity index (χ4v) is 4.11. The zero-order chi connectivity index (χ0) is 17.4. The van der Waals surface area contributed by atoms with Crippen LogP contribution in [-0.4, -0.2) is 32.0 Å². The van der Waals surface area contributed by atoms with Crippen LogP contribution >= 0.6 is 0 Å². The highest BCUT2D eigenvalue weighted by Crippen LogP contribution is 2.60. The number of carbonyl (C=O) groups is 2. The average molecular weight is 340 g/mol. The van der Waals surface area contributed by atoms with Crippen molar-refractivity contribution in [3.05, 3.63) is 47.3 Å². The molecule has 2 atom stereocenters. The maximum Gasteiger partial charge on any atom is 0.325 e. The van der Waals surface area contributed by atoms with Crippen molar-refractivity contribution < 1.29 is 14.7 Å². The lowest BCUT2D eigenvalue weighted by Gasteiger charge is -2.26. The number of fused-ring (bicyclic) bond motifs is 2. The Morgan fingerprint density at radius 2 is 2.20 bits per heavy atom. The molecule has 1 heterocycles. The van der Waals surface area contributed by atoms with Crippen molar-refractivity contribution >= 4 is 11.9 Å². The van der Waals surface area contributed by atoms with Gasteiger partial charge in [0.1, 0.15) is 12.2 Å². The number of hydrogen-bond acceptors (Lipinski definition) is 4. The average Bonchev–Trinajstić information content (AvgIpc) is 3.14. The van der Waals surface area contributed by atoms with E-state index in [9.17, 15) is 9.59 Å². The number of carboxylic acid groups (broad SMARTS) is 1. The molecule has 25 heavy (non-hydrogen) atoms. The second kappa shape index (κ2) is 5.98. The third kappa shape index (κ3) is 2.90. The van der Waals surface area contributed by atoms with Crippen LogP contribution in [0, 0.1) is 5.92 Å². The van der Waals surface area contributed by atoms with Gasteiger partial charge in [0.15, 0.2) is 0 Å². The van der Waals surface area contributed by atoms with Crippen molar-refractivity contribution in [3.8, 4) is 0 Å². The number of carboxylic acids is 1. The van der Waals surface area contributed by atoms with Gasteiger partial charge in [-0.1, -0.05) is 29.5 Å². The molecule has 0 radical (unpaired) electrons. The highest BCUT2D eigenvalue weighted by Gasteiger charge is 2.59. The molecule has 0 saturated heterocycles. The van der Waals surface area contributed by atoms with Crippen LogP contribution in [0.4, 0.5) is 0 Å². The SMILES string of the molecule is O=C(O)Cn1cc(CNC(=O)C2CC23CCCc2ccccc23)nn1. The smallest absolute Gasteiger partial charge is 0.325 e. The van der Waals surface area contributed by atoms with E-state index in [2.05, 4.69) is 39.9 Å². The maximum atomic E-state index is 12.6. The van der Waals surface area contributed by atoms with Gasteiger partial charge in [-0.05, 0) is 36.8 Å². The Hall–Kier alpha value is -2.70. The Bertz CT molecular complexity index is 831. The number of hydrogen-bond donors (Lipinski definition) is 2. The lowest BCUT2D eigenvalue weighted by molar-refractivity contribution is -0.138. The van der Waals surface area contributed by atoms with Gasteiger partial charge >= 0.3 is 5.97 Å². The molecule has 1 amide bonds. The first kappa shape index (κ1) is 15.8. The Kier molecular flexibility index (Phi) is 3.78. The Balaban J connectivity index is 1.39. The largest absolute Gasteiger partial charge is 0.480 e. The van der Waals surface area contributed by atoms with Gasteiger partial charge in [0.25, 0.3) is 0 Å². The minimum absolute atomic E-state index is 0.0137. The lowest BCUT2D eigenvalue weighted by Crippen LogP contribution is -2.29.